The van der Waals surface area contributed by atoms with Gasteiger partial charge in [-0.15, -0.1) is 6.42 Å². The zero-order chi connectivity index (χ0) is 10.8. The van der Waals surface area contributed by atoms with Crippen LogP contribution in [0.1, 0.15) is 5.56 Å². The smallest absolute Gasteiger partial charge is 0.298 e. The standard InChI is InChI=1S/C12H12N2O/c1-4-7-14(3)12-13-10-8-9(2)5-6-11(10)15-12/h1,5-6,8H,7H2,2-3H3. The maximum Gasteiger partial charge on any atom is 0.298 e. The molecule has 2 rings (SSSR count). The van der Waals surface area contributed by atoms with Crippen LogP contribution in [0.25, 0.3) is 11.1 Å². The molecule has 1 aromatic heterocycles. The van der Waals surface area contributed by atoms with E-state index in [1.807, 2.05) is 32.2 Å². The Labute approximate surface area is 88.7 Å². The Morgan fingerprint density at radius 1 is 1.53 bits per heavy atom. The highest BCUT2D eigenvalue weighted by atomic mass is 16.4. The third kappa shape index (κ3) is 1.79. The van der Waals surface area contributed by atoms with Crippen molar-refractivity contribution in [3.8, 4) is 12.3 Å². The number of hydrogen-bond acceptors (Lipinski definition) is 3. The van der Waals surface area contributed by atoms with E-state index in [9.17, 15) is 0 Å². The van der Waals surface area contributed by atoms with Crippen molar-refractivity contribution in [3.05, 3.63) is 23.8 Å². The normalized spacial score (nSPS) is 10.2. The molecule has 0 spiro atoms. The van der Waals surface area contributed by atoms with Crippen LogP contribution in [-0.4, -0.2) is 18.6 Å². The highest BCUT2D eigenvalue weighted by Crippen LogP contribution is 2.21. The van der Waals surface area contributed by atoms with Crippen molar-refractivity contribution < 1.29 is 4.42 Å². The first kappa shape index (κ1) is 9.60. The zero-order valence-electron chi connectivity index (χ0n) is 8.82. The lowest BCUT2D eigenvalue weighted by atomic mass is 10.2. The van der Waals surface area contributed by atoms with Crippen LogP contribution in [0.4, 0.5) is 6.01 Å². The summed E-state index contributed by atoms with van der Waals surface area (Å²) in [7, 11) is 1.86. The molecule has 0 saturated carbocycles. The summed E-state index contributed by atoms with van der Waals surface area (Å²) in [6, 6.07) is 6.48. The van der Waals surface area contributed by atoms with Gasteiger partial charge >= 0.3 is 0 Å². The Bertz CT molecular complexity index is 522. The van der Waals surface area contributed by atoms with E-state index in [2.05, 4.69) is 10.9 Å². The van der Waals surface area contributed by atoms with Crippen LogP contribution < -0.4 is 4.90 Å². The van der Waals surface area contributed by atoms with Crippen molar-refractivity contribution in [3.63, 3.8) is 0 Å². The second kappa shape index (κ2) is 3.66. The highest BCUT2D eigenvalue weighted by molar-refractivity contribution is 5.75. The minimum atomic E-state index is 0.492. The van der Waals surface area contributed by atoms with Crippen LogP contribution in [0.15, 0.2) is 22.6 Å². The van der Waals surface area contributed by atoms with Crippen molar-refractivity contribution in [1.82, 2.24) is 4.98 Å². The van der Waals surface area contributed by atoms with E-state index in [1.165, 1.54) is 5.56 Å². The lowest BCUT2D eigenvalue weighted by Gasteiger charge is -2.08. The molecule has 3 nitrogen and oxygen atoms in total. The second-order valence-corrected chi connectivity index (χ2v) is 3.53. The summed E-state index contributed by atoms with van der Waals surface area (Å²) in [6.45, 7) is 2.52. The quantitative estimate of drug-likeness (QED) is 0.696. The van der Waals surface area contributed by atoms with E-state index < -0.39 is 0 Å². The Morgan fingerprint density at radius 2 is 2.33 bits per heavy atom. The van der Waals surface area contributed by atoms with Crippen LogP contribution in [0, 0.1) is 19.3 Å². The van der Waals surface area contributed by atoms with E-state index in [-0.39, 0.29) is 0 Å². The van der Waals surface area contributed by atoms with E-state index >= 15 is 0 Å². The van der Waals surface area contributed by atoms with Gasteiger partial charge in [0.05, 0.1) is 6.54 Å². The number of rotatable bonds is 2. The van der Waals surface area contributed by atoms with Gasteiger partial charge < -0.3 is 9.32 Å². The Hall–Kier alpha value is -1.95. The lowest BCUT2D eigenvalue weighted by molar-refractivity contribution is 0.592. The van der Waals surface area contributed by atoms with Crippen LogP contribution >= 0.6 is 0 Å². The molecule has 1 heterocycles. The molecule has 0 aliphatic rings. The van der Waals surface area contributed by atoms with Gasteiger partial charge in [-0.05, 0) is 24.6 Å². The molecule has 0 aliphatic carbocycles. The number of fused-ring (bicyclic) bond motifs is 1. The van der Waals surface area contributed by atoms with Gasteiger partial charge in [0.2, 0.25) is 0 Å². The molecule has 0 unspecified atom stereocenters. The maximum absolute atomic E-state index is 5.56. The third-order valence-electron chi connectivity index (χ3n) is 2.19. The summed E-state index contributed by atoms with van der Waals surface area (Å²) in [5, 5.41) is 0. The van der Waals surface area contributed by atoms with E-state index in [0.29, 0.717) is 12.6 Å². The molecule has 3 heteroatoms. The fraction of sp³-hybridized carbons (Fsp3) is 0.250. The summed E-state index contributed by atoms with van der Waals surface area (Å²) < 4.78 is 5.56. The number of aromatic nitrogens is 1. The SMILES string of the molecule is C#CCN(C)c1nc2cc(C)ccc2o1. The number of benzene rings is 1. The largest absolute Gasteiger partial charge is 0.423 e. The predicted molar refractivity (Wildman–Crippen MR) is 60.8 cm³/mol. The molecule has 0 bridgehead atoms. The molecule has 0 radical (unpaired) electrons. The number of nitrogens with zero attached hydrogens (tertiary/aromatic N) is 2. The molecule has 0 amide bonds. The van der Waals surface area contributed by atoms with Gasteiger partial charge in [-0.3, -0.25) is 0 Å². The average Bonchev–Trinajstić information content (AvgIpc) is 2.60. The first-order valence-electron chi connectivity index (χ1n) is 4.72. The molecule has 0 aliphatic heterocycles. The van der Waals surface area contributed by atoms with Crippen molar-refractivity contribution in [2.75, 3.05) is 18.5 Å². The highest BCUT2D eigenvalue weighted by Gasteiger charge is 2.08. The molecule has 15 heavy (non-hydrogen) atoms. The average molecular weight is 200 g/mol. The monoisotopic (exact) mass is 200 g/mol. The number of terminal acetylenes is 1. The van der Waals surface area contributed by atoms with E-state index in [0.717, 1.165) is 11.1 Å². The van der Waals surface area contributed by atoms with Gasteiger partial charge in [-0.2, -0.15) is 4.98 Å². The van der Waals surface area contributed by atoms with Crippen LogP contribution in [0.5, 0.6) is 0 Å². The number of hydrogen-bond donors (Lipinski definition) is 0. The zero-order valence-corrected chi connectivity index (χ0v) is 8.82. The summed E-state index contributed by atoms with van der Waals surface area (Å²) in [5.74, 6) is 2.55. The minimum Gasteiger partial charge on any atom is -0.423 e. The van der Waals surface area contributed by atoms with Gasteiger partial charge in [0.25, 0.3) is 6.01 Å². The van der Waals surface area contributed by atoms with Crippen LogP contribution in [0.2, 0.25) is 0 Å². The lowest BCUT2D eigenvalue weighted by Crippen LogP contribution is -2.16. The fourth-order valence-corrected chi connectivity index (χ4v) is 1.39. The van der Waals surface area contributed by atoms with Gasteiger partial charge in [0.15, 0.2) is 5.58 Å². The second-order valence-electron chi connectivity index (χ2n) is 3.53. The molecule has 0 N–H and O–H groups in total. The van der Waals surface area contributed by atoms with Crippen molar-refractivity contribution in [2.45, 2.75) is 6.92 Å². The molecule has 0 saturated heterocycles. The topological polar surface area (TPSA) is 29.3 Å². The fourth-order valence-electron chi connectivity index (χ4n) is 1.39. The maximum atomic E-state index is 5.56. The van der Waals surface area contributed by atoms with E-state index in [4.69, 9.17) is 10.8 Å². The Balaban J connectivity index is 2.43. The van der Waals surface area contributed by atoms with Crippen molar-refractivity contribution in [2.24, 2.45) is 0 Å². The molecule has 1 aromatic carbocycles. The molecule has 0 fully saturated rings. The van der Waals surface area contributed by atoms with E-state index in [1.54, 1.807) is 4.90 Å². The van der Waals surface area contributed by atoms with Crippen LogP contribution in [0.3, 0.4) is 0 Å². The first-order valence-corrected chi connectivity index (χ1v) is 4.72. The number of oxazole rings is 1. The summed E-state index contributed by atoms with van der Waals surface area (Å²) in [5.41, 5.74) is 2.83. The molecular weight excluding hydrogens is 188 g/mol. The Morgan fingerprint density at radius 3 is 3.07 bits per heavy atom. The minimum absolute atomic E-state index is 0.492. The van der Waals surface area contributed by atoms with Crippen molar-refractivity contribution in [1.29, 1.82) is 0 Å². The van der Waals surface area contributed by atoms with Gasteiger partial charge in [-0.1, -0.05) is 12.0 Å². The molecule has 76 valence electrons. The van der Waals surface area contributed by atoms with Gasteiger partial charge in [-0.25, -0.2) is 0 Å². The summed E-state index contributed by atoms with van der Waals surface area (Å²) >= 11 is 0. The van der Waals surface area contributed by atoms with Gasteiger partial charge in [0.1, 0.15) is 5.52 Å². The summed E-state index contributed by atoms with van der Waals surface area (Å²) in [6.07, 6.45) is 5.22. The van der Waals surface area contributed by atoms with Gasteiger partial charge in [0, 0.05) is 7.05 Å². The number of anilines is 1. The summed E-state index contributed by atoms with van der Waals surface area (Å²) in [4.78, 5) is 6.16. The van der Waals surface area contributed by atoms with Crippen molar-refractivity contribution >= 4 is 17.1 Å². The molecule has 2 aromatic rings. The molecular formula is C12H12N2O. The van der Waals surface area contributed by atoms with Crippen LogP contribution in [-0.2, 0) is 0 Å². The predicted octanol–water partition coefficient (Wildman–Crippen LogP) is 2.21. The first-order chi connectivity index (χ1) is 7.20. The molecule has 0 atom stereocenters. The Kier molecular flexibility index (Phi) is 2.34. The number of aryl methyl sites for hydroxylation is 1. The third-order valence-corrected chi connectivity index (χ3v) is 2.19.